The Balaban J connectivity index is 0. The summed E-state index contributed by atoms with van der Waals surface area (Å²) in [5.41, 5.74) is 0. The number of halogens is 3. The van der Waals surface area contributed by atoms with Gasteiger partial charge in [-0.05, 0) is 5.92 Å². The van der Waals surface area contributed by atoms with Crippen LogP contribution in [0.1, 0.15) is 26.7 Å². The summed E-state index contributed by atoms with van der Waals surface area (Å²) in [6, 6.07) is -2.09. The fraction of sp³-hybridized carbons (Fsp3) is 1.00. The predicted octanol–water partition coefficient (Wildman–Crippen LogP) is -0.826. The molecule has 0 radical (unpaired) electrons. The summed E-state index contributed by atoms with van der Waals surface area (Å²) in [6.07, 6.45) is 0.748. The molecule has 0 fully saturated rings. The smallest absolute Gasteiger partial charge is 0.447 e. The maximum absolute atomic E-state index is 11.9. The van der Waals surface area contributed by atoms with Gasteiger partial charge in [0.25, 0.3) is 0 Å². The monoisotopic (exact) mass is 208 g/mol. The molecule has 0 spiro atoms. The van der Waals surface area contributed by atoms with Crippen LogP contribution < -0.4 is 51.4 Å². The molecule has 0 bridgehead atoms. The molecule has 1 atom stereocenters. The van der Waals surface area contributed by atoms with Crippen LogP contribution in [0.25, 0.3) is 0 Å². The van der Waals surface area contributed by atoms with E-state index in [1.807, 2.05) is 0 Å². The van der Waals surface area contributed by atoms with E-state index in [1.165, 1.54) is 0 Å². The topological polar surface area (TPSA) is 20.2 Å². The average molecular weight is 208 g/mol. The van der Waals surface area contributed by atoms with Crippen molar-refractivity contribution < 1.29 is 69.4 Å². The molecule has 0 aromatic carbocycles. The van der Waals surface area contributed by atoms with Crippen molar-refractivity contribution in [2.75, 3.05) is 0 Å². The third-order valence-electron chi connectivity index (χ3n) is 1.92. The van der Waals surface area contributed by atoms with E-state index in [0.29, 0.717) is 12.8 Å². The van der Waals surface area contributed by atoms with Crippen LogP contribution >= 0.6 is 0 Å². The van der Waals surface area contributed by atoms with Crippen LogP contribution in [0.3, 0.4) is 0 Å². The maximum Gasteiger partial charge on any atom is 1.00 e. The Morgan fingerprint density at radius 2 is 1.50 bits per heavy atom. The Kier molecular flexibility index (Phi) is 9.06. The second-order valence-corrected chi connectivity index (χ2v) is 2.69. The minimum Gasteiger partial charge on any atom is -0.447 e. The van der Waals surface area contributed by atoms with Gasteiger partial charge in [0.05, 0.1) is 0 Å². The molecule has 1 N–H and O–H groups in total. The maximum atomic E-state index is 11.9. The van der Waals surface area contributed by atoms with E-state index in [1.54, 1.807) is 13.8 Å². The van der Waals surface area contributed by atoms with Gasteiger partial charge < -0.3 is 18.1 Å². The van der Waals surface area contributed by atoms with E-state index in [4.69, 9.17) is 5.11 Å². The van der Waals surface area contributed by atoms with Crippen molar-refractivity contribution in [2.45, 2.75) is 32.7 Å². The van der Waals surface area contributed by atoms with E-state index >= 15 is 0 Å². The van der Waals surface area contributed by atoms with Gasteiger partial charge in [-0.15, -0.1) is 0 Å². The Labute approximate surface area is 114 Å². The zero-order valence-electron chi connectivity index (χ0n) is 7.73. The quantitative estimate of drug-likeness (QED) is 0.598. The number of aliphatic hydroxyl groups excluding tert-OH is 1. The van der Waals surface area contributed by atoms with E-state index in [2.05, 4.69) is 0 Å². The fourth-order valence-electron chi connectivity index (χ4n) is 1.08. The summed E-state index contributed by atoms with van der Waals surface area (Å²) in [6.45, 7) is -1.76. The predicted molar refractivity (Wildman–Crippen MR) is 39.2 cm³/mol. The third-order valence-corrected chi connectivity index (χ3v) is 1.92. The van der Waals surface area contributed by atoms with Crippen molar-refractivity contribution in [1.29, 1.82) is 0 Å². The first kappa shape index (κ1) is 15.9. The molecule has 12 heavy (non-hydrogen) atoms. The first-order valence-corrected chi connectivity index (χ1v) is 3.81. The molecular formula is C6H13BF3KO. The van der Waals surface area contributed by atoms with Crippen LogP contribution in [0.2, 0.25) is 0 Å². The summed E-state index contributed by atoms with van der Waals surface area (Å²) in [7, 11) is 0. The molecule has 0 aliphatic carbocycles. The Morgan fingerprint density at radius 1 is 1.17 bits per heavy atom. The molecule has 6 heteroatoms. The number of hydrogen-bond donors (Lipinski definition) is 1. The number of aliphatic hydroxyl groups is 1. The van der Waals surface area contributed by atoms with Gasteiger partial charge in [-0.3, -0.25) is 0 Å². The van der Waals surface area contributed by atoms with Gasteiger partial charge in [0.1, 0.15) is 0 Å². The van der Waals surface area contributed by atoms with Crippen molar-refractivity contribution in [3.63, 3.8) is 0 Å². The van der Waals surface area contributed by atoms with Gasteiger partial charge in [-0.1, -0.05) is 26.7 Å². The summed E-state index contributed by atoms with van der Waals surface area (Å²) < 4.78 is 35.7. The molecule has 0 saturated carbocycles. The minimum absolute atomic E-state index is 0. The van der Waals surface area contributed by atoms with Crippen molar-refractivity contribution >= 4 is 6.98 Å². The van der Waals surface area contributed by atoms with Gasteiger partial charge >= 0.3 is 58.4 Å². The first-order chi connectivity index (χ1) is 4.93. The second kappa shape index (κ2) is 6.84. The van der Waals surface area contributed by atoms with Gasteiger partial charge in [0.15, 0.2) is 0 Å². The molecular weight excluding hydrogens is 195 g/mol. The summed E-state index contributed by atoms with van der Waals surface area (Å²) in [5.74, 6) is -0.630. The largest absolute Gasteiger partial charge is 1.00 e. The third kappa shape index (κ3) is 5.24. The minimum atomic E-state index is -5.07. The molecule has 0 aliphatic rings. The van der Waals surface area contributed by atoms with Crippen LogP contribution in [0.4, 0.5) is 12.9 Å². The van der Waals surface area contributed by atoms with E-state index in [9.17, 15) is 12.9 Å². The molecule has 0 aromatic rings. The molecule has 0 rings (SSSR count). The van der Waals surface area contributed by atoms with Crippen molar-refractivity contribution in [3.05, 3.63) is 0 Å². The van der Waals surface area contributed by atoms with Gasteiger partial charge in [-0.25, -0.2) is 0 Å². The summed E-state index contributed by atoms with van der Waals surface area (Å²) in [5, 5.41) is 8.75. The zero-order valence-corrected chi connectivity index (χ0v) is 10.9. The summed E-state index contributed by atoms with van der Waals surface area (Å²) >= 11 is 0. The van der Waals surface area contributed by atoms with Gasteiger partial charge in [-0.2, -0.15) is 0 Å². The van der Waals surface area contributed by atoms with Gasteiger partial charge in [0.2, 0.25) is 0 Å². The van der Waals surface area contributed by atoms with Crippen molar-refractivity contribution in [1.82, 2.24) is 0 Å². The van der Waals surface area contributed by atoms with Crippen LogP contribution in [0.5, 0.6) is 0 Å². The molecule has 0 aromatic heterocycles. The number of rotatable bonds is 4. The van der Waals surface area contributed by atoms with Crippen LogP contribution in [-0.4, -0.2) is 18.1 Å². The molecule has 0 heterocycles. The molecule has 0 aliphatic heterocycles. The van der Waals surface area contributed by atoms with Crippen LogP contribution in [0, 0.1) is 5.92 Å². The molecule has 68 valence electrons. The Morgan fingerprint density at radius 3 is 1.58 bits per heavy atom. The number of hydrogen-bond acceptors (Lipinski definition) is 1. The van der Waals surface area contributed by atoms with Crippen LogP contribution in [-0.2, 0) is 0 Å². The van der Waals surface area contributed by atoms with E-state index in [0.717, 1.165) is 0 Å². The zero-order chi connectivity index (χ0) is 9.07. The van der Waals surface area contributed by atoms with Gasteiger partial charge in [0, 0.05) is 6.00 Å². The molecule has 0 amide bonds. The molecule has 1 unspecified atom stereocenters. The Hall–Kier alpha value is 1.45. The van der Waals surface area contributed by atoms with E-state index in [-0.39, 0.29) is 51.4 Å². The normalized spacial score (nSPS) is 14.2. The standard InChI is InChI=1S/C6H13BF3O.K/c1-3-5(4-2)6(11)7(8,9)10;/h5-6,11H,3-4H2,1-2H3;/q-1;+1. The van der Waals surface area contributed by atoms with E-state index < -0.39 is 18.9 Å². The average Bonchev–Trinajstić information content (AvgIpc) is 1.88. The van der Waals surface area contributed by atoms with Crippen LogP contribution in [0.15, 0.2) is 0 Å². The first-order valence-electron chi connectivity index (χ1n) is 3.81. The summed E-state index contributed by atoms with van der Waals surface area (Å²) in [4.78, 5) is 0. The molecule has 0 saturated heterocycles. The molecule has 1 nitrogen and oxygen atoms in total. The SMILES string of the molecule is CCC(CC)C(O)[B-](F)(F)F.[K+]. The fourth-order valence-corrected chi connectivity index (χ4v) is 1.08. The van der Waals surface area contributed by atoms with Crippen molar-refractivity contribution in [2.24, 2.45) is 5.92 Å². The second-order valence-electron chi connectivity index (χ2n) is 2.69. The Bertz CT molecular complexity index is 116. The van der Waals surface area contributed by atoms with Crippen molar-refractivity contribution in [3.8, 4) is 0 Å².